The SMILES string of the molecule is O=c1cc(OC(Cl)c2ccccc2Cl)cc[nH]1. The van der Waals surface area contributed by atoms with E-state index in [2.05, 4.69) is 4.98 Å². The Balaban J connectivity index is 2.20. The van der Waals surface area contributed by atoms with Crippen molar-refractivity contribution in [1.29, 1.82) is 0 Å². The van der Waals surface area contributed by atoms with Crippen molar-refractivity contribution in [3.8, 4) is 5.75 Å². The minimum Gasteiger partial charge on any atom is -0.470 e. The highest BCUT2D eigenvalue weighted by atomic mass is 35.5. The van der Waals surface area contributed by atoms with E-state index in [1.54, 1.807) is 18.2 Å². The molecule has 2 aromatic rings. The Morgan fingerprint density at radius 2 is 2.00 bits per heavy atom. The molecule has 0 aliphatic rings. The van der Waals surface area contributed by atoms with Gasteiger partial charge in [0.2, 0.25) is 0 Å². The van der Waals surface area contributed by atoms with Gasteiger partial charge < -0.3 is 9.72 Å². The molecule has 0 spiro atoms. The van der Waals surface area contributed by atoms with E-state index >= 15 is 0 Å². The van der Waals surface area contributed by atoms with Crippen LogP contribution >= 0.6 is 23.2 Å². The van der Waals surface area contributed by atoms with Crippen molar-refractivity contribution in [2.75, 3.05) is 0 Å². The van der Waals surface area contributed by atoms with Crippen LogP contribution in [0.2, 0.25) is 5.02 Å². The van der Waals surface area contributed by atoms with Crippen LogP contribution in [0.25, 0.3) is 0 Å². The summed E-state index contributed by atoms with van der Waals surface area (Å²) in [7, 11) is 0. The van der Waals surface area contributed by atoms with Gasteiger partial charge in [0, 0.05) is 22.8 Å². The third-order valence-corrected chi connectivity index (χ3v) is 2.80. The maximum atomic E-state index is 11.1. The van der Waals surface area contributed by atoms with Gasteiger partial charge in [-0.3, -0.25) is 4.79 Å². The molecule has 0 aliphatic carbocycles. The Morgan fingerprint density at radius 1 is 1.24 bits per heavy atom. The van der Waals surface area contributed by atoms with E-state index in [0.29, 0.717) is 16.3 Å². The van der Waals surface area contributed by atoms with Crippen molar-refractivity contribution in [3.63, 3.8) is 0 Å². The summed E-state index contributed by atoms with van der Waals surface area (Å²) in [6, 6.07) is 10.1. The van der Waals surface area contributed by atoms with Crippen LogP contribution in [-0.4, -0.2) is 4.98 Å². The molecule has 0 aliphatic heterocycles. The van der Waals surface area contributed by atoms with Gasteiger partial charge >= 0.3 is 0 Å². The first-order valence-electron chi connectivity index (χ1n) is 4.91. The maximum absolute atomic E-state index is 11.1. The molecule has 0 amide bonds. The Bertz CT molecular complexity index is 568. The first kappa shape index (κ1) is 12.0. The fourth-order valence-corrected chi connectivity index (χ4v) is 1.92. The standard InChI is InChI=1S/C12H9Cl2NO2/c13-10-4-2-1-3-9(10)12(14)17-8-5-6-15-11(16)7-8/h1-7,12H,(H,15,16). The molecular formula is C12H9Cl2NO2. The average molecular weight is 270 g/mol. The quantitative estimate of drug-likeness (QED) is 0.869. The summed E-state index contributed by atoms with van der Waals surface area (Å²) >= 11 is 12.1. The molecule has 5 heteroatoms. The lowest BCUT2D eigenvalue weighted by Gasteiger charge is -2.13. The van der Waals surface area contributed by atoms with Crippen LogP contribution < -0.4 is 10.3 Å². The molecule has 0 fully saturated rings. The average Bonchev–Trinajstić information content (AvgIpc) is 2.29. The predicted octanol–water partition coefficient (Wildman–Crippen LogP) is 3.34. The summed E-state index contributed by atoms with van der Waals surface area (Å²) in [6.07, 6.45) is 1.49. The van der Waals surface area contributed by atoms with Crippen molar-refractivity contribution >= 4 is 23.2 Å². The van der Waals surface area contributed by atoms with Crippen molar-refractivity contribution in [3.05, 3.63) is 63.5 Å². The van der Waals surface area contributed by atoms with Gasteiger partial charge in [-0.15, -0.1) is 0 Å². The van der Waals surface area contributed by atoms with E-state index in [0.717, 1.165) is 0 Å². The summed E-state index contributed by atoms with van der Waals surface area (Å²) in [4.78, 5) is 13.6. The monoisotopic (exact) mass is 269 g/mol. The molecule has 0 saturated carbocycles. The highest BCUT2D eigenvalue weighted by Gasteiger charge is 2.12. The first-order valence-corrected chi connectivity index (χ1v) is 5.72. The summed E-state index contributed by atoms with van der Waals surface area (Å²) in [6.45, 7) is 0. The zero-order valence-electron chi connectivity index (χ0n) is 8.69. The molecule has 2 rings (SSSR count). The molecule has 1 aromatic heterocycles. The number of H-pyrrole nitrogens is 1. The van der Waals surface area contributed by atoms with Crippen LogP contribution in [0.4, 0.5) is 0 Å². The first-order chi connectivity index (χ1) is 8.16. The van der Waals surface area contributed by atoms with Crippen LogP contribution in [0.1, 0.15) is 11.1 Å². The summed E-state index contributed by atoms with van der Waals surface area (Å²) in [5.74, 6) is 0.397. The van der Waals surface area contributed by atoms with Crippen LogP contribution in [-0.2, 0) is 0 Å². The number of hydrogen-bond donors (Lipinski definition) is 1. The van der Waals surface area contributed by atoms with Crippen LogP contribution in [0, 0.1) is 0 Å². The van der Waals surface area contributed by atoms with Gasteiger partial charge in [0.25, 0.3) is 5.56 Å². The largest absolute Gasteiger partial charge is 0.470 e. The number of hydrogen-bond acceptors (Lipinski definition) is 2. The van der Waals surface area contributed by atoms with E-state index in [9.17, 15) is 4.79 Å². The van der Waals surface area contributed by atoms with Gasteiger partial charge in [-0.25, -0.2) is 0 Å². The van der Waals surface area contributed by atoms with E-state index in [-0.39, 0.29) is 5.56 Å². The third kappa shape index (κ3) is 3.02. The van der Waals surface area contributed by atoms with E-state index in [1.807, 2.05) is 12.1 Å². The van der Waals surface area contributed by atoms with Gasteiger partial charge in [-0.2, -0.15) is 0 Å². The van der Waals surface area contributed by atoms with Gasteiger partial charge in [0.05, 0.1) is 0 Å². The zero-order valence-corrected chi connectivity index (χ0v) is 10.2. The van der Waals surface area contributed by atoms with Crippen LogP contribution in [0.5, 0.6) is 5.75 Å². The second-order valence-corrected chi connectivity index (χ2v) is 4.15. The lowest BCUT2D eigenvalue weighted by Crippen LogP contribution is -2.06. The number of rotatable bonds is 3. The van der Waals surface area contributed by atoms with Crippen LogP contribution in [0.15, 0.2) is 47.4 Å². The highest BCUT2D eigenvalue weighted by molar-refractivity contribution is 6.32. The third-order valence-electron chi connectivity index (χ3n) is 2.14. The molecule has 1 unspecified atom stereocenters. The van der Waals surface area contributed by atoms with E-state index in [4.69, 9.17) is 27.9 Å². The summed E-state index contributed by atoms with van der Waals surface area (Å²) in [5.41, 5.74) is -0.313. The van der Waals surface area contributed by atoms with E-state index < -0.39 is 5.56 Å². The Hall–Kier alpha value is -1.45. The number of aromatic nitrogens is 1. The number of benzene rings is 1. The van der Waals surface area contributed by atoms with Crippen molar-refractivity contribution in [2.45, 2.75) is 5.56 Å². The molecule has 1 N–H and O–H groups in total. The molecule has 1 aromatic carbocycles. The molecule has 1 heterocycles. The van der Waals surface area contributed by atoms with Gasteiger partial charge in [0.15, 0.2) is 5.56 Å². The second-order valence-electron chi connectivity index (χ2n) is 3.34. The molecule has 3 nitrogen and oxygen atoms in total. The van der Waals surface area contributed by atoms with E-state index in [1.165, 1.54) is 12.3 Å². The van der Waals surface area contributed by atoms with Crippen molar-refractivity contribution in [2.24, 2.45) is 0 Å². The number of pyridine rings is 1. The number of aromatic amines is 1. The maximum Gasteiger partial charge on any atom is 0.251 e. The minimum atomic E-state index is -0.731. The normalized spacial score (nSPS) is 12.1. The molecule has 0 saturated heterocycles. The molecule has 88 valence electrons. The summed E-state index contributed by atoms with van der Waals surface area (Å²) in [5, 5.41) is 0.525. The predicted molar refractivity (Wildman–Crippen MR) is 67.7 cm³/mol. The van der Waals surface area contributed by atoms with Gasteiger partial charge in [0.1, 0.15) is 5.75 Å². The molecular weight excluding hydrogens is 261 g/mol. The molecule has 1 atom stereocenters. The number of nitrogens with one attached hydrogen (secondary N) is 1. The fourth-order valence-electron chi connectivity index (χ4n) is 1.34. The number of alkyl halides is 1. The topological polar surface area (TPSA) is 42.1 Å². The number of ether oxygens (including phenoxy) is 1. The lowest BCUT2D eigenvalue weighted by atomic mass is 10.2. The zero-order chi connectivity index (χ0) is 12.3. The lowest BCUT2D eigenvalue weighted by molar-refractivity contribution is 0.287. The molecule has 17 heavy (non-hydrogen) atoms. The van der Waals surface area contributed by atoms with Gasteiger partial charge in [-0.05, 0) is 12.1 Å². The minimum absolute atomic E-state index is 0.245. The number of halogens is 2. The summed E-state index contributed by atoms with van der Waals surface area (Å²) < 4.78 is 5.42. The fraction of sp³-hybridized carbons (Fsp3) is 0.0833. The smallest absolute Gasteiger partial charge is 0.251 e. The van der Waals surface area contributed by atoms with Crippen molar-refractivity contribution in [1.82, 2.24) is 4.98 Å². The highest BCUT2D eigenvalue weighted by Crippen LogP contribution is 2.29. The van der Waals surface area contributed by atoms with Gasteiger partial charge in [-0.1, -0.05) is 41.4 Å². The van der Waals surface area contributed by atoms with Crippen molar-refractivity contribution < 1.29 is 4.74 Å². The van der Waals surface area contributed by atoms with Crippen LogP contribution in [0.3, 0.4) is 0 Å². The Kier molecular flexibility index (Phi) is 3.71. The Labute approximate surface area is 108 Å². The molecule has 0 radical (unpaired) electrons. The Morgan fingerprint density at radius 3 is 2.71 bits per heavy atom. The molecule has 0 bridgehead atoms. The second kappa shape index (κ2) is 5.25.